The largest absolute Gasteiger partial charge is 0.355 e. The predicted molar refractivity (Wildman–Crippen MR) is 120 cm³/mol. The van der Waals surface area contributed by atoms with E-state index in [0.717, 1.165) is 12.8 Å². The monoisotopic (exact) mass is 447 g/mol. The molecule has 3 rings (SSSR count). The van der Waals surface area contributed by atoms with Crippen LogP contribution in [-0.2, 0) is 4.79 Å². The number of alkyl halides is 2. The van der Waals surface area contributed by atoms with Gasteiger partial charge in [0.15, 0.2) is 0 Å². The number of thioether (sulfide) groups is 1. The summed E-state index contributed by atoms with van der Waals surface area (Å²) >= 11 is 0.497. The highest BCUT2D eigenvalue weighted by Crippen LogP contribution is 2.28. The molecule has 0 unspecified atom stereocenters. The van der Waals surface area contributed by atoms with E-state index in [1.807, 2.05) is 32.0 Å². The number of nitrogens with zero attached hydrogens (tertiary/aromatic N) is 1. The second-order valence-corrected chi connectivity index (χ2v) is 8.87. The second kappa shape index (κ2) is 10.6. The Kier molecular flexibility index (Phi) is 7.90. The number of anilines is 2. The molecule has 0 bridgehead atoms. The van der Waals surface area contributed by atoms with Gasteiger partial charge in [-0.25, -0.2) is 0 Å². The number of rotatable bonds is 7. The van der Waals surface area contributed by atoms with Crippen LogP contribution < -0.4 is 10.6 Å². The summed E-state index contributed by atoms with van der Waals surface area (Å²) in [5, 5.41) is 6.26. The summed E-state index contributed by atoms with van der Waals surface area (Å²) in [7, 11) is 0. The fourth-order valence-corrected chi connectivity index (χ4v) is 3.92. The minimum absolute atomic E-state index is 0.0392. The van der Waals surface area contributed by atoms with Crippen molar-refractivity contribution in [3.05, 3.63) is 54.1 Å². The SMILES string of the molecule is CC(C)C(=O)NC1CCN(C(=O)c2ccccc2Nc2ccc(SC(F)F)cc2)CC1. The van der Waals surface area contributed by atoms with Gasteiger partial charge in [-0.2, -0.15) is 8.78 Å². The Balaban J connectivity index is 1.63. The molecule has 1 aliphatic rings. The zero-order valence-electron chi connectivity index (χ0n) is 17.6. The summed E-state index contributed by atoms with van der Waals surface area (Å²) in [5.41, 5.74) is 1.93. The highest BCUT2D eigenvalue weighted by atomic mass is 32.2. The van der Waals surface area contributed by atoms with Crippen molar-refractivity contribution in [1.29, 1.82) is 0 Å². The van der Waals surface area contributed by atoms with Crippen molar-refractivity contribution in [3.8, 4) is 0 Å². The fraction of sp³-hybridized carbons (Fsp3) is 0.391. The van der Waals surface area contributed by atoms with Gasteiger partial charge < -0.3 is 15.5 Å². The summed E-state index contributed by atoms with van der Waals surface area (Å²) in [6.07, 6.45) is 1.45. The molecule has 0 atom stereocenters. The third kappa shape index (κ3) is 6.43. The number of likely N-dealkylation sites (tertiary alicyclic amines) is 1. The molecule has 0 spiro atoms. The fourth-order valence-electron chi connectivity index (χ4n) is 3.42. The van der Waals surface area contributed by atoms with Gasteiger partial charge in [0.1, 0.15) is 0 Å². The number of amides is 2. The van der Waals surface area contributed by atoms with Crippen LogP contribution in [0, 0.1) is 5.92 Å². The first-order valence-corrected chi connectivity index (χ1v) is 11.2. The van der Waals surface area contributed by atoms with Gasteiger partial charge in [-0.15, -0.1) is 0 Å². The Morgan fingerprint density at radius 2 is 1.68 bits per heavy atom. The molecule has 2 aromatic carbocycles. The lowest BCUT2D eigenvalue weighted by molar-refractivity contribution is -0.124. The smallest absolute Gasteiger partial charge is 0.288 e. The first-order chi connectivity index (χ1) is 14.8. The molecule has 166 valence electrons. The zero-order chi connectivity index (χ0) is 22.4. The van der Waals surface area contributed by atoms with Crippen molar-refractivity contribution in [2.75, 3.05) is 18.4 Å². The Morgan fingerprint density at radius 1 is 1.03 bits per heavy atom. The number of hydrogen-bond acceptors (Lipinski definition) is 4. The number of carbonyl (C=O) groups excluding carboxylic acids is 2. The number of nitrogens with one attached hydrogen (secondary N) is 2. The van der Waals surface area contributed by atoms with Gasteiger partial charge in [-0.1, -0.05) is 37.7 Å². The number of piperidine rings is 1. The molecular weight excluding hydrogens is 420 g/mol. The van der Waals surface area contributed by atoms with Gasteiger partial charge in [0.25, 0.3) is 11.7 Å². The normalized spacial score (nSPS) is 14.7. The van der Waals surface area contributed by atoms with Crippen LogP contribution in [0.5, 0.6) is 0 Å². The minimum atomic E-state index is -2.46. The highest BCUT2D eigenvalue weighted by Gasteiger charge is 2.26. The van der Waals surface area contributed by atoms with Crippen LogP contribution in [0.4, 0.5) is 20.2 Å². The maximum absolute atomic E-state index is 13.1. The lowest BCUT2D eigenvalue weighted by atomic mass is 10.0. The molecule has 5 nitrogen and oxygen atoms in total. The number of para-hydroxylation sites is 1. The standard InChI is InChI=1S/C23H27F2N3O2S/c1-15(2)21(29)27-17-11-13-28(14-12-17)22(30)19-5-3-4-6-20(19)26-16-7-9-18(10-8-16)31-23(24)25/h3-10,15,17,23,26H,11-14H2,1-2H3,(H,27,29). The maximum Gasteiger partial charge on any atom is 0.288 e. The molecular formula is C23H27F2N3O2S. The quantitative estimate of drug-likeness (QED) is 0.578. The molecule has 1 heterocycles. The van der Waals surface area contributed by atoms with E-state index in [1.165, 1.54) is 0 Å². The Hall–Kier alpha value is -2.61. The topological polar surface area (TPSA) is 61.4 Å². The van der Waals surface area contributed by atoms with Crippen LogP contribution in [0.25, 0.3) is 0 Å². The minimum Gasteiger partial charge on any atom is -0.355 e. The van der Waals surface area contributed by atoms with E-state index in [-0.39, 0.29) is 23.8 Å². The van der Waals surface area contributed by atoms with Crippen molar-refractivity contribution in [1.82, 2.24) is 10.2 Å². The Bertz CT molecular complexity index is 898. The third-order valence-electron chi connectivity index (χ3n) is 5.17. The third-order valence-corrected chi connectivity index (χ3v) is 5.89. The van der Waals surface area contributed by atoms with E-state index in [4.69, 9.17) is 0 Å². The number of halogens is 2. The molecule has 0 aliphatic carbocycles. The summed E-state index contributed by atoms with van der Waals surface area (Å²) in [5.74, 6) is -2.54. The van der Waals surface area contributed by atoms with Crippen LogP contribution in [-0.4, -0.2) is 41.6 Å². The molecule has 1 saturated heterocycles. The van der Waals surface area contributed by atoms with Crippen molar-refractivity contribution in [3.63, 3.8) is 0 Å². The molecule has 0 radical (unpaired) electrons. The van der Waals surface area contributed by atoms with Gasteiger partial charge in [0.05, 0.1) is 11.3 Å². The van der Waals surface area contributed by atoms with Crippen LogP contribution >= 0.6 is 11.8 Å². The number of benzene rings is 2. The molecule has 8 heteroatoms. The lowest BCUT2D eigenvalue weighted by Gasteiger charge is -2.33. The van der Waals surface area contributed by atoms with Crippen LogP contribution in [0.2, 0.25) is 0 Å². The van der Waals surface area contributed by atoms with Crippen molar-refractivity contribution in [2.45, 2.75) is 43.4 Å². The van der Waals surface area contributed by atoms with E-state index >= 15 is 0 Å². The molecule has 0 saturated carbocycles. The van der Waals surface area contributed by atoms with E-state index in [9.17, 15) is 18.4 Å². The lowest BCUT2D eigenvalue weighted by Crippen LogP contribution is -2.47. The summed E-state index contributed by atoms with van der Waals surface area (Å²) in [4.78, 5) is 27.3. The molecule has 2 N–H and O–H groups in total. The molecule has 1 aliphatic heterocycles. The molecule has 2 aromatic rings. The average Bonchev–Trinajstić information content (AvgIpc) is 2.75. The highest BCUT2D eigenvalue weighted by molar-refractivity contribution is 7.99. The van der Waals surface area contributed by atoms with Gasteiger partial charge in [-0.3, -0.25) is 9.59 Å². The van der Waals surface area contributed by atoms with Gasteiger partial charge in [-0.05, 0) is 49.2 Å². The Morgan fingerprint density at radius 3 is 2.29 bits per heavy atom. The van der Waals surface area contributed by atoms with Gasteiger partial charge >= 0.3 is 0 Å². The van der Waals surface area contributed by atoms with E-state index in [1.54, 1.807) is 35.2 Å². The first kappa shape index (κ1) is 23.1. The van der Waals surface area contributed by atoms with E-state index in [0.29, 0.717) is 46.7 Å². The van der Waals surface area contributed by atoms with Crippen LogP contribution in [0.15, 0.2) is 53.4 Å². The summed E-state index contributed by atoms with van der Waals surface area (Å²) < 4.78 is 25.0. The number of hydrogen-bond donors (Lipinski definition) is 2. The van der Waals surface area contributed by atoms with Crippen LogP contribution in [0.3, 0.4) is 0 Å². The molecule has 0 aromatic heterocycles. The molecule has 2 amide bonds. The van der Waals surface area contributed by atoms with Crippen molar-refractivity contribution < 1.29 is 18.4 Å². The van der Waals surface area contributed by atoms with E-state index in [2.05, 4.69) is 10.6 Å². The number of carbonyl (C=O) groups is 2. The summed E-state index contributed by atoms with van der Waals surface area (Å²) in [6, 6.07) is 14.0. The van der Waals surface area contributed by atoms with Crippen molar-refractivity contribution >= 4 is 35.0 Å². The van der Waals surface area contributed by atoms with Crippen LogP contribution in [0.1, 0.15) is 37.0 Å². The van der Waals surface area contributed by atoms with E-state index < -0.39 is 5.76 Å². The van der Waals surface area contributed by atoms with Gasteiger partial charge in [0, 0.05) is 35.6 Å². The maximum atomic E-state index is 13.1. The van der Waals surface area contributed by atoms with Crippen molar-refractivity contribution in [2.24, 2.45) is 5.92 Å². The molecule has 1 fully saturated rings. The Labute approximate surface area is 185 Å². The predicted octanol–water partition coefficient (Wildman–Crippen LogP) is 5.12. The molecule has 31 heavy (non-hydrogen) atoms. The zero-order valence-corrected chi connectivity index (χ0v) is 18.4. The van der Waals surface area contributed by atoms with Gasteiger partial charge in [0.2, 0.25) is 5.91 Å². The second-order valence-electron chi connectivity index (χ2n) is 7.80. The summed E-state index contributed by atoms with van der Waals surface area (Å²) in [6.45, 7) is 4.89. The first-order valence-electron chi connectivity index (χ1n) is 10.3. The average molecular weight is 448 g/mol.